The summed E-state index contributed by atoms with van der Waals surface area (Å²) in [5, 5.41) is 6.38. The molecule has 15 heavy (non-hydrogen) atoms. The molecule has 2 heterocycles. The Balaban J connectivity index is 2.12. The first-order valence-corrected chi connectivity index (χ1v) is 5.87. The van der Waals surface area contributed by atoms with Crippen molar-refractivity contribution in [2.24, 2.45) is 0 Å². The van der Waals surface area contributed by atoms with Crippen LogP contribution >= 0.6 is 0 Å². The Morgan fingerprint density at radius 1 is 1.47 bits per heavy atom. The Bertz CT molecular complexity index is 249. The SMILES string of the molecule is CCC1OC2(CCNCC2)C(C)NC1=O. The summed E-state index contributed by atoms with van der Waals surface area (Å²) in [6.07, 6.45) is 2.49. The maximum atomic E-state index is 11.6. The van der Waals surface area contributed by atoms with Crippen LogP contribution in [0, 0.1) is 0 Å². The van der Waals surface area contributed by atoms with Crippen molar-refractivity contribution in [3.63, 3.8) is 0 Å². The topological polar surface area (TPSA) is 50.4 Å². The zero-order valence-electron chi connectivity index (χ0n) is 9.51. The Labute approximate surface area is 90.8 Å². The highest BCUT2D eigenvalue weighted by Gasteiger charge is 2.46. The van der Waals surface area contributed by atoms with Crippen LogP contribution in [0.1, 0.15) is 33.1 Å². The molecule has 0 bridgehead atoms. The Hall–Kier alpha value is -0.610. The molecule has 2 atom stereocenters. The summed E-state index contributed by atoms with van der Waals surface area (Å²) in [6, 6.07) is 0.134. The molecular weight excluding hydrogens is 192 g/mol. The predicted octanol–water partition coefficient (Wildman–Crippen LogP) is 0.422. The van der Waals surface area contributed by atoms with Crippen molar-refractivity contribution in [2.45, 2.75) is 50.9 Å². The van der Waals surface area contributed by atoms with E-state index in [1.165, 1.54) is 0 Å². The molecule has 0 saturated carbocycles. The van der Waals surface area contributed by atoms with E-state index in [4.69, 9.17) is 4.74 Å². The van der Waals surface area contributed by atoms with Crippen molar-refractivity contribution in [2.75, 3.05) is 13.1 Å². The highest BCUT2D eigenvalue weighted by molar-refractivity contribution is 5.82. The molecule has 2 aliphatic heterocycles. The fourth-order valence-electron chi connectivity index (χ4n) is 2.55. The number of hydrogen-bond acceptors (Lipinski definition) is 3. The Kier molecular flexibility index (Phi) is 2.98. The van der Waals surface area contributed by atoms with E-state index in [1.807, 2.05) is 6.92 Å². The average Bonchev–Trinajstić information content (AvgIpc) is 2.25. The van der Waals surface area contributed by atoms with Crippen molar-refractivity contribution in [3.05, 3.63) is 0 Å². The minimum atomic E-state index is -0.251. The summed E-state index contributed by atoms with van der Waals surface area (Å²) in [4.78, 5) is 11.6. The highest BCUT2D eigenvalue weighted by atomic mass is 16.5. The van der Waals surface area contributed by atoms with Crippen LogP contribution in [0.5, 0.6) is 0 Å². The molecule has 2 fully saturated rings. The van der Waals surface area contributed by atoms with E-state index in [9.17, 15) is 4.79 Å². The van der Waals surface area contributed by atoms with Crippen molar-refractivity contribution in [1.82, 2.24) is 10.6 Å². The van der Waals surface area contributed by atoms with E-state index in [2.05, 4.69) is 17.6 Å². The maximum absolute atomic E-state index is 11.6. The molecular formula is C11H20N2O2. The lowest BCUT2D eigenvalue weighted by Crippen LogP contribution is -2.65. The van der Waals surface area contributed by atoms with Gasteiger partial charge in [-0.3, -0.25) is 4.79 Å². The smallest absolute Gasteiger partial charge is 0.249 e. The first-order valence-electron chi connectivity index (χ1n) is 5.87. The van der Waals surface area contributed by atoms with Crippen LogP contribution in [0.15, 0.2) is 0 Å². The van der Waals surface area contributed by atoms with Crippen LogP contribution in [-0.4, -0.2) is 36.7 Å². The third kappa shape index (κ3) is 1.88. The third-order valence-corrected chi connectivity index (χ3v) is 3.64. The first-order chi connectivity index (χ1) is 7.18. The Morgan fingerprint density at radius 3 is 2.73 bits per heavy atom. The molecule has 2 aliphatic rings. The second-order valence-corrected chi connectivity index (χ2v) is 4.56. The van der Waals surface area contributed by atoms with Crippen LogP contribution in [0.2, 0.25) is 0 Å². The van der Waals surface area contributed by atoms with Gasteiger partial charge in [-0.1, -0.05) is 6.92 Å². The van der Waals surface area contributed by atoms with Crippen LogP contribution in [0.4, 0.5) is 0 Å². The van der Waals surface area contributed by atoms with Gasteiger partial charge in [0.2, 0.25) is 5.91 Å². The van der Waals surface area contributed by atoms with Gasteiger partial charge in [-0.15, -0.1) is 0 Å². The molecule has 2 unspecified atom stereocenters. The first kappa shape index (κ1) is 10.9. The van der Waals surface area contributed by atoms with Gasteiger partial charge in [0.1, 0.15) is 6.10 Å². The molecule has 0 aromatic rings. The van der Waals surface area contributed by atoms with Crippen molar-refractivity contribution in [1.29, 1.82) is 0 Å². The van der Waals surface area contributed by atoms with E-state index < -0.39 is 0 Å². The van der Waals surface area contributed by atoms with Gasteiger partial charge >= 0.3 is 0 Å². The molecule has 0 radical (unpaired) electrons. The molecule has 1 spiro atoms. The summed E-state index contributed by atoms with van der Waals surface area (Å²) >= 11 is 0. The summed E-state index contributed by atoms with van der Waals surface area (Å²) in [5.41, 5.74) is -0.125. The molecule has 2 N–H and O–H groups in total. The number of carbonyl (C=O) groups excluding carboxylic acids is 1. The molecule has 2 saturated heterocycles. The van der Waals surface area contributed by atoms with Gasteiger partial charge in [0.15, 0.2) is 0 Å². The van der Waals surface area contributed by atoms with Gasteiger partial charge in [-0.25, -0.2) is 0 Å². The lowest BCUT2D eigenvalue weighted by atomic mass is 9.83. The number of amides is 1. The summed E-state index contributed by atoms with van der Waals surface area (Å²) in [6.45, 7) is 6.01. The maximum Gasteiger partial charge on any atom is 0.249 e. The number of ether oxygens (including phenoxy) is 1. The largest absolute Gasteiger partial charge is 0.360 e. The zero-order chi connectivity index (χ0) is 10.9. The second-order valence-electron chi connectivity index (χ2n) is 4.56. The zero-order valence-corrected chi connectivity index (χ0v) is 9.51. The van der Waals surface area contributed by atoms with Crippen LogP contribution in [0.3, 0.4) is 0 Å². The molecule has 0 aliphatic carbocycles. The number of rotatable bonds is 1. The number of morpholine rings is 1. The van der Waals surface area contributed by atoms with Crippen molar-refractivity contribution >= 4 is 5.91 Å². The highest BCUT2D eigenvalue weighted by Crippen LogP contribution is 2.32. The molecule has 1 amide bonds. The van der Waals surface area contributed by atoms with Gasteiger partial charge in [0, 0.05) is 0 Å². The molecule has 0 aromatic heterocycles. The van der Waals surface area contributed by atoms with Gasteiger partial charge in [0.25, 0.3) is 0 Å². The lowest BCUT2D eigenvalue weighted by Gasteiger charge is -2.47. The fraction of sp³-hybridized carbons (Fsp3) is 0.909. The van der Waals surface area contributed by atoms with E-state index in [0.29, 0.717) is 0 Å². The van der Waals surface area contributed by atoms with Gasteiger partial charge in [-0.05, 0) is 39.3 Å². The summed E-state index contributed by atoms with van der Waals surface area (Å²) in [7, 11) is 0. The number of carbonyl (C=O) groups is 1. The molecule has 0 aromatic carbocycles. The van der Waals surface area contributed by atoms with Crippen LogP contribution in [0.25, 0.3) is 0 Å². The van der Waals surface area contributed by atoms with Gasteiger partial charge < -0.3 is 15.4 Å². The monoisotopic (exact) mass is 212 g/mol. The van der Waals surface area contributed by atoms with E-state index in [1.54, 1.807) is 0 Å². The standard InChI is InChI=1S/C11H20N2O2/c1-3-9-10(14)13-8(2)11(15-9)4-6-12-7-5-11/h8-9,12H,3-7H2,1-2H3,(H,13,14). The number of hydrogen-bond donors (Lipinski definition) is 2. The summed E-state index contributed by atoms with van der Waals surface area (Å²) < 4.78 is 6.04. The predicted molar refractivity (Wildman–Crippen MR) is 57.6 cm³/mol. The minimum Gasteiger partial charge on any atom is -0.360 e. The van der Waals surface area contributed by atoms with Gasteiger partial charge in [-0.2, -0.15) is 0 Å². The van der Waals surface area contributed by atoms with Crippen molar-refractivity contribution < 1.29 is 9.53 Å². The second kappa shape index (κ2) is 4.10. The lowest BCUT2D eigenvalue weighted by molar-refractivity contribution is -0.177. The number of nitrogens with one attached hydrogen (secondary N) is 2. The third-order valence-electron chi connectivity index (χ3n) is 3.64. The number of piperidine rings is 1. The summed E-state index contributed by atoms with van der Waals surface area (Å²) in [5.74, 6) is 0.0501. The fourth-order valence-corrected chi connectivity index (χ4v) is 2.55. The van der Waals surface area contributed by atoms with Gasteiger partial charge in [0.05, 0.1) is 11.6 Å². The normalized spacial score (nSPS) is 35.2. The van der Waals surface area contributed by atoms with Crippen LogP contribution in [-0.2, 0) is 9.53 Å². The molecule has 4 nitrogen and oxygen atoms in total. The quantitative estimate of drug-likeness (QED) is 0.662. The average molecular weight is 212 g/mol. The molecule has 4 heteroatoms. The van der Waals surface area contributed by atoms with Crippen LogP contribution < -0.4 is 10.6 Å². The molecule has 2 rings (SSSR count). The van der Waals surface area contributed by atoms with E-state index in [-0.39, 0.29) is 23.7 Å². The van der Waals surface area contributed by atoms with E-state index >= 15 is 0 Å². The minimum absolute atomic E-state index is 0.0501. The molecule has 86 valence electrons. The van der Waals surface area contributed by atoms with E-state index in [0.717, 1.165) is 32.4 Å². The Morgan fingerprint density at radius 2 is 2.13 bits per heavy atom. The van der Waals surface area contributed by atoms with Crippen molar-refractivity contribution in [3.8, 4) is 0 Å².